The highest BCUT2D eigenvalue weighted by atomic mass is 14.1. The second kappa shape index (κ2) is 9.69. The van der Waals surface area contributed by atoms with Crippen molar-refractivity contribution in [2.24, 2.45) is 5.92 Å². The molecule has 0 saturated carbocycles. The fourth-order valence-corrected chi connectivity index (χ4v) is 2.07. The first-order valence-electron chi connectivity index (χ1n) is 6.92. The fraction of sp³-hybridized carbons (Fsp3) is 0.750. The molecule has 0 nitrogen and oxygen atoms in total. The molecule has 0 heteroatoms. The molecule has 0 spiro atoms. The molecule has 0 radical (unpaired) electrons. The summed E-state index contributed by atoms with van der Waals surface area (Å²) >= 11 is 0. The summed E-state index contributed by atoms with van der Waals surface area (Å²) in [6.07, 6.45) is 12.4. The van der Waals surface area contributed by atoms with E-state index in [9.17, 15) is 0 Å². The summed E-state index contributed by atoms with van der Waals surface area (Å²) in [7, 11) is 0. The van der Waals surface area contributed by atoms with Crippen LogP contribution in [0.4, 0.5) is 0 Å². The summed E-state index contributed by atoms with van der Waals surface area (Å²) in [5.41, 5.74) is 3.13. The topological polar surface area (TPSA) is 0 Å². The summed E-state index contributed by atoms with van der Waals surface area (Å²) in [6.45, 7) is 11.3. The van der Waals surface area contributed by atoms with Crippen LogP contribution in [0.15, 0.2) is 23.3 Å². The van der Waals surface area contributed by atoms with Gasteiger partial charge in [0.05, 0.1) is 0 Å². The molecule has 16 heavy (non-hydrogen) atoms. The summed E-state index contributed by atoms with van der Waals surface area (Å²) in [5.74, 6) is 0.820. The van der Waals surface area contributed by atoms with Crippen LogP contribution in [-0.2, 0) is 0 Å². The predicted octanol–water partition coefficient (Wildman–Crippen LogP) is 5.90. The monoisotopic (exact) mass is 222 g/mol. The quantitative estimate of drug-likeness (QED) is 0.354. The Balaban J connectivity index is 3.81. The maximum Gasteiger partial charge on any atom is -0.0206 e. The van der Waals surface area contributed by atoms with Gasteiger partial charge in [0.25, 0.3) is 0 Å². The standard InChI is InChI=1S/C16H30/c1-6-8-9-10-11-12-13-16(7-2)15(5)14(3)4/h8-9,16H,6-7,10-13H2,1-5H3. The third kappa shape index (κ3) is 6.87. The Bertz CT molecular complexity index is 216. The van der Waals surface area contributed by atoms with Gasteiger partial charge in [0.15, 0.2) is 0 Å². The van der Waals surface area contributed by atoms with Gasteiger partial charge in [-0.25, -0.2) is 0 Å². The van der Waals surface area contributed by atoms with Crippen molar-refractivity contribution in [3.05, 3.63) is 23.3 Å². The minimum absolute atomic E-state index is 0.820. The van der Waals surface area contributed by atoms with E-state index in [4.69, 9.17) is 0 Å². The van der Waals surface area contributed by atoms with Gasteiger partial charge in [-0.05, 0) is 58.8 Å². The van der Waals surface area contributed by atoms with Crippen LogP contribution >= 0.6 is 0 Å². The molecular weight excluding hydrogens is 192 g/mol. The fourth-order valence-electron chi connectivity index (χ4n) is 2.07. The molecule has 1 unspecified atom stereocenters. The van der Waals surface area contributed by atoms with E-state index >= 15 is 0 Å². The van der Waals surface area contributed by atoms with Crippen molar-refractivity contribution in [2.75, 3.05) is 0 Å². The summed E-state index contributed by atoms with van der Waals surface area (Å²) in [6, 6.07) is 0. The van der Waals surface area contributed by atoms with Crippen LogP contribution in [0.25, 0.3) is 0 Å². The Morgan fingerprint density at radius 1 is 1.00 bits per heavy atom. The third-order valence-corrected chi connectivity index (χ3v) is 3.47. The second-order valence-electron chi connectivity index (χ2n) is 4.95. The van der Waals surface area contributed by atoms with Crippen molar-refractivity contribution in [2.45, 2.75) is 73.1 Å². The normalized spacial score (nSPS) is 13.1. The van der Waals surface area contributed by atoms with Gasteiger partial charge in [0, 0.05) is 0 Å². The van der Waals surface area contributed by atoms with Gasteiger partial charge in [-0.2, -0.15) is 0 Å². The van der Waals surface area contributed by atoms with Crippen molar-refractivity contribution in [3.8, 4) is 0 Å². The Hall–Kier alpha value is -0.520. The molecule has 0 aliphatic rings. The highest BCUT2D eigenvalue weighted by Crippen LogP contribution is 2.24. The van der Waals surface area contributed by atoms with Crippen molar-refractivity contribution in [1.29, 1.82) is 0 Å². The van der Waals surface area contributed by atoms with Gasteiger partial charge in [-0.1, -0.05) is 43.6 Å². The molecule has 94 valence electrons. The maximum atomic E-state index is 2.33. The molecule has 0 aliphatic heterocycles. The molecule has 1 atom stereocenters. The summed E-state index contributed by atoms with van der Waals surface area (Å²) in [4.78, 5) is 0. The van der Waals surface area contributed by atoms with Crippen LogP contribution in [0.5, 0.6) is 0 Å². The molecule has 0 fully saturated rings. The lowest BCUT2D eigenvalue weighted by molar-refractivity contribution is 0.504. The Morgan fingerprint density at radius 3 is 2.19 bits per heavy atom. The first-order chi connectivity index (χ1) is 7.63. The van der Waals surface area contributed by atoms with Gasteiger partial charge < -0.3 is 0 Å². The average molecular weight is 222 g/mol. The molecule has 0 bridgehead atoms. The van der Waals surface area contributed by atoms with E-state index in [-0.39, 0.29) is 0 Å². The first kappa shape index (κ1) is 15.5. The number of hydrogen-bond acceptors (Lipinski definition) is 0. The van der Waals surface area contributed by atoms with E-state index in [0.29, 0.717) is 0 Å². The average Bonchev–Trinajstić information content (AvgIpc) is 2.27. The smallest absolute Gasteiger partial charge is 0.0206 e. The summed E-state index contributed by atoms with van der Waals surface area (Å²) in [5, 5.41) is 0. The van der Waals surface area contributed by atoms with Crippen LogP contribution in [0.1, 0.15) is 73.1 Å². The lowest BCUT2D eigenvalue weighted by Crippen LogP contribution is -2.02. The number of allylic oxidation sites excluding steroid dienone is 4. The Kier molecular flexibility index (Phi) is 9.37. The van der Waals surface area contributed by atoms with Crippen molar-refractivity contribution >= 4 is 0 Å². The van der Waals surface area contributed by atoms with Crippen LogP contribution in [0.2, 0.25) is 0 Å². The zero-order valence-corrected chi connectivity index (χ0v) is 12.0. The van der Waals surface area contributed by atoms with Crippen LogP contribution in [-0.4, -0.2) is 0 Å². The zero-order chi connectivity index (χ0) is 12.4. The molecule has 0 aliphatic carbocycles. The number of hydrogen-bond donors (Lipinski definition) is 0. The number of unbranched alkanes of at least 4 members (excludes halogenated alkanes) is 2. The van der Waals surface area contributed by atoms with E-state index in [2.05, 4.69) is 46.8 Å². The SMILES string of the molecule is CCC=CCCCCC(CC)C(C)=C(C)C. The molecule has 0 N–H and O–H groups in total. The van der Waals surface area contributed by atoms with Crippen molar-refractivity contribution in [1.82, 2.24) is 0 Å². The van der Waals surface area contributed by atoms with Gasteiger partial charge in [0.2, 0.25) is 0 Å². The molecule has 0 saturated heterocycles. The molecule has 0 aromatic carbocycles. The van der Waals surface area contributed by atoms with Gasteiger partial charge in [-0.3, -0.25) is 0 Å². The molecular formula is C16H30. The van der Waals surface area contributed by atoms with Crippen molar-refractivity contribution < 1.29 is 0 Å². The third-order valence-electron chi connectivity index (χ3n) is 3.47. The van der Waals surface area contributed by atoms with Crippen LogP contribution in [0, 0.1) is 5.92 Å². The summed E-state index contributed by atoms with van der Waals surface area (Å²) < 4.78 is 0. The zero-order valence-electron chi connectivity index (χ0n) is 12.0. The molecule has 0 aromatic rings. The highest BCUT2D eigenvalue weighted by molar-refractivity contribution is 5.10. The van der Waals surface area contributed by atoms with Crippen LogP contribution < -0.4 is 0 Å². The molecule has 0 heterocycles. The van der Waals surface area contributed by atoms with E-state index in [0.717, 1.165) is 5.92 Å². The number of rotatable bonds is 8. The maximum absolute atomic E-state index is 2.33. The Morgan fingerprint density at radius 2 is 1.69 bits per heavy atom. The second-order valence-corrected chi connectivity index (χ2v) is 4.95. The van der Waals surface area contributed by atoms with E-state index in [1.54, 1.807) is 5.57 Å². The largest absolute Gasteiger partial charge is 0.0888 e. The lowest BCUT2D eigenvalue weighted by Gasteiger charge is -2.17. The van der Waals surface area contributed by atoms with Crippen LogP contribution in [0.3, 0.4) is 0 Å². The van der Waals surface area contributed by atoms with Gasteiger partial charge in [0.1, 0.15) is 0 Å². The van der Waals surface area contributed by atoms with Crippen molar-refractivity contribution in [3.63, 3.8) is 0 Å². The Labute approximate surface area is 103 Å². The molecule has 0 aromatic heterocycles. The minimum Gasteiger partial charge on any atom is -0.0888 e. The molecule has 0 rings (SSSR count). The van der Waals surface area contributed by atoms with E-state index in [1.165, 1.54) is 44.1 Å². The van der Waals surface area contributed by atoms with E-state index < -0.39 is 0 Å². The first-order valence-corrected chi connectivity index (χ1v) is 6.92. The lowest BCUT2D eigenvalue weighted by atomic mass is 9.89. The molecule has 0 amide bonds. The highest BCUT2D eigenvalue weighted by Gasteiger charge is 2.08. The predicted molar refractivity (Wildman–Crippen MR) is 75.7 cm³/mol. The van der Waals surface area contributed by atoms with Gasteiger partial charge >= 0.3 is 0 Å². The van der Waals surface area contributed by atoms with Gasteiger partial charge in [-0.15, -0.1) is 0 Å². The minimum atomic E-state index is 0.820. The van der Waals surface area contributed by atoms with E-state index in [1.807, 2.05) is 0 Å².